The molecule has 0 heterocycles. The monoisotopic (exact) mass is 323 g/mol. The Kier molecular flexibility index (Phi) is 8.67. The second-order valence-corrected chi connectivity index (χ2v) is 6.87. The molecule has 1 rings (SSSR count). The molecule has 1 amide bonds. The van der Waals surface area contributed by atoms with Crippen molar-refractivity contribution in [2.45, 2.75) is 26.7 Å². The van der Waals surface area contributed by atoms with Gasteiger partial charge in [-0.3, -0.25) is 9.59 Å². The molecule has 0 saturated carbocycles. The van der Waals surface area contributed by atoms with Crippen molar-refractivity contribution in [3.05, 3.63) is 35.9 Å². The maximum atomic E-state index is 11.7. The Hall–Kier alpha value is -1.49. The molecule has 1 atom stereocenters. The standard InChI is InChI=1S/C17H25NO3S/c1-13(2)8-9-22-12-16(19)18-11-15(17(20)21)10-14-6-4-3-5-7-14/h3-7,13,15H,8-12H2,1-2H3,(H,18,19)(H,20,21). The van der Waals surface area contributed by atoms with Crippen LogP contribution in [0.25, 0.3) is 0 Å². The minimum Gasteiger partial charge on any atom is -0.481 e. The Balaban J connectivity index is 2.32. The molecule has 0 fully saturated rings. The van der Waals surface area contributed by atoms with Crippen LogP contribution < -0.4 is 5.32 Å². The molecule has 0 aromatic heterocycles. The van der Waals surface area contributed by atoms with Gasteiger partial charge in [-0.15, -0.1) is 0 Å². The van der Waals surface area contributed by atoms with E-state index in [9.17, 15) is 14.7 Å². The summed E-state index contributed by atoms with van der Waals surface area (Å²) >= 11 is 1.59. The van der Waals surface area contributed by atoms with E-state index in [2.05, 4.69) is 19.2 Å². The Labute approximate surface area is 136 Å². The van der Waals surface area contributed by atoms with Gasteiger partial charge >= 0.3 is 5.97 Å². The Morgan fingerprint density at radius 2 is 1.91 bits per heavy atom. The molecular weight excluding hydrogens is 298 g/mol. The van der Waals surface area contributed by atoms with Crippen molar-refractivity contribution in [3.8, 4) is 0 Å². The molecular formula is C17H25NO3S. The van der Waals surface area contributed by atoms with E-state index in [0.29, 0.717) is 18.1 Å². The summed E-state index contributed by atoms with van der Waals surface area (Å²) in [5, 5.41) is 12.0. The van der Waals surface area contributed by atoms with E-state index in [-0.39, 0.29) is 12.5 Å². The molecule has 0 aliphatic rings. The fourth-order valence-corrected chi connectivity index (χ4v) is 2.99. The van der Waals surface area contributed by atoms with Gasteiger partial charge in [0.25, 0.3) is 0 Å². The highest BCUT2D eigenvalue weighted by atomic mass is 32.2. The van der Waals surface area contributed by atoms with E-state index in [1.54, 1.807) is 11.8 Å². The molecule has 0 aliphatic heterocycles. The smallest absolute Gasteiger partial charge is 0.308 e. The highest BCUT2D eigenvalue weighted by molar-refractivity contribution is 7.99. The van der Waals surface area contributed by atoms with Crippen LogP contribution in [0.5, 0.6) is 0 Å². The predicted octanol–water partition coefficient (Wildman–Crippen LogP) is 2.83. The van der Waals surface area contributed by atoms with Crippen LogP contribution >= 0.6 is 11.8 Å². The summed E-state index contributed by atoms with van der Waals surface area (Å²) in [5.41, 5.74) is 0.968. The Morgan fingerprint density at radius 3 is 2.50 bits per heavy atom. The fourth-order valence-electron chi connectivity index (χ4n) is 1.92. The van der Waals surface area contributed by atoms with Gasteiger partial charge < -0.3 is 10.4 Å². The number of rotatable bonds is 10. The quantitative estimate of drug-likeness (QED) is 0.650. The molecule has 0 radical (unpaired) electrons. The third-order valence-electron chi connectivity index (χ3n) is 3.29. The van der Waals surface area contributed by atoms with Crippen LogP contribution in [0.3, 0.4) is 0 Å². The fraction of sp³-hybridized carbons (Fsp3) is 0.529. The first-order valence-corrected chi connectivity index (χ1v) is 8.75. The number of carbonyl (C=O) groups is 2. The van der Waals surface area contributed by atoms with E-state index in [4.69, 9.17) is 0 Å². The Morgan fingerprint density at radius 1 is 1.23 bits per heavy atom. The van der Waals surface area contributed by atoms with Gasteiger partial charge in [-0.05, 0) is 30.1 Å². The van der Waals surface area contributed by atoms with Crippen molar-refractivity contribution >= 4 is 23.6 Å². The maximum absolute atomic E-state index is 11.7. The number of thioether (sulfide) groups is 1. The lowest BCUT2D eigenvalue weighted by atomic mass is 9.99. The van der Waals surface area contributed by atoms with Crippen LogP contribution in [-0.2, 0) is 16.0 Å². The number of carbonyl (C=O) groups excluding carboxylic acids is 1. The molecule has 1 aromatic rings. The van der Waals surface area contributed by atoms with Gasteiger partial charge in [-0.2, -0.15) is 11.8 Å². The molecule has 0 spiro atoms. The summed E-state index contributed by atoms with van der Waals surface area (Å²) in [6.45, 7) is 4.48. The summed E-state index contributed by atoms with van der Waals surface area (Å²) in [7, 11) is 0. The van der Waals surface area contributed by atoms with Crippen molar-refractivity contribution < 1.29 is 14.7 Å². The van der Waals surface area contributed by atoms with E-state index < -0.39 is 11.9 Å². The summed E-state index contributed by atoms with van der Waals surface area (Å²) in [5.74, 6) is 0.427. The molecule has 122 valence electrons. The number of carboxylic acids is 1. The molecule has 0 saturated heterocycles. The number of hydrogen-bond acceptors (Lipinski definition) is 3. The van der Waals surface area contributed by atoms with Crippen LogP contribution in [0, 0.1) is 11.8 Å². The molecule has 1 unspecified atom stereocenters. The van der Waals surface area contributed by atoms with Gasteiger partial charge in [0.05, 0.1) is 11.7 Å². The average Bonchev–Trinajstić information content (AvgIpc) is 2.48. The number of nitrogens with one attached hydrogen (secondary N) is 1. The number of aliphatic carboxylic acids is 1. The Bertz CT molecular complexity index is 462. The minimum absolute atomic E-state index is 0.0898. The first kappa shape index (κ1) is 18.6. The van der Waals surface area contributed by atoms with Crippen molar-refractivity contribution in [1.29, 1.82) is 0 Å². The van der Waals surface area contributed by atoms with Crippen molar-refractivity contribution in [2.24, 2.45) is 11.8 Å². The highest BCUT2D eigenvalue weighted by Crippen LogP contribution is 2.10. The SMILES string of the molecule is CC(C)CCSCC(=O)NCC(Cc1ccccc1)C(=O)O. The number of carboxylic acid groups (broad SMARTS) is 1. The largest absolute Gasteiger partial charge is 0.481 e. The first-order chi connectivity index (χ1) is 10.5. The van der Waals surface area contributed by atoms with Crippen LogP contribution in [0.4, 0.5) is 0 Å². The van der Waals surface area contributed by atoms with Crippen molar-refractivity contribution in [2.75, 3.05) is 18.1 Å². The van der Waals surface area contributed by atoms with Gasteiger partial charge in [0.2, 0.25) is 5.91 Å². The average molecular weight is 323 g/mol. The second-order valence-electron chi connectivity index (χ2n) is 5.76. The summed E-state index contributed by atoms with van der Waals surface area (Å²) < 4.78 is 0. The number of hydrogen-bond donors (Lipinski definition) is 2. The van der Waals surface area contributed by atoms with E-state index in [0.717, 1.165) is 17.7 Å². The molecule has 1 aromatic carbocycles. The summed E-state index contributed by atoms with van der Waals surface area (Å²) in [6.07, 6.45) is 1.51. The van der Waals surface area contributed by atoms with E-state index in [1.807, 2.05) is 30.3 Å². The third-order valence-corrected chi connectivity index (χ3v) is 4.28. The minimum atomic E-state index is -0.878. The van der Waals surface area contributed by atoms with Crippen molar-refractivity contribution in [1.82, 2.24) is 5.32 Å². The van der Waals surface area contributed by atoms with Crippen LogP contribution in [0.2, 0.25) is 0 Å². The molecule has 2 N–H and O–H groups in total. The predicted molar refractivity (Wildman–Crippen MR) is 91.1 cm³/mol. The summed E-state index contributed by atoms with van der Waals surface area (Å²) in [6, 6.07) is 9.48. The number of benzene rings is 1. The molecule has 22 heavy (non-hydrogen) atoms. The molecule has 5 heteroatoms. The zero-order valence-corrected chi connectivity index (χ0v) is 14.1. The lowest BCUT2D eigenvalue weighted by molar-refractivity contribution is -0.141. The highest BCUT2D eigenvalue weighted by Gasteiger charge is 2.18. The van der Waals surface area contributed by atoms with E-state index in [1.165, 1.54) is 0 Å². The van der Waals surface area contributed by atoms with Gasteiger partial charge in [0.15, 0.2) is 0 Å². The number of amides is 1. The maximum Gasteiger partial charge on any atom is 0.308 e. The first-order valence-electron chi connectivity index (χ1n) is 7.60. The molecule has 0 bridgehead atoms. The van der Waals surface area contributed by atoms with Crippen LogP contribution in [0.1, 0.15) is 25.8 Å². The zero-order valence-electron chi connectivity index (χ0n) is 13.2. The van der Waals surface area contributed by atoms with Gasteiger partial charge in [-0.1, -0.05) is 44.2 Å². The topological polar surface area (TPSA) is 66.4 Å². The second kappa shape index (κ2) is 10.3. The normalized spacial score (nSPS) is 12.1. The summed E-state index contributed by atoms with van der Waals surface area (Å²) in [4.78, 5) is 23.0. The van der Waals surface area contributed by atoms with Crippen LogP contribution in [-0.4, -0.2) is 35.0 Å². The van der Waals surface area contributed by atoms with Crippen molar-refractivity contribution in [3.63, 3.8) is 0 Å². The zero-order chi connectivity index (χ0) is 16.4. The van der Waals surface area contributed by atoms with Gasteiger partial charge in [0, 0.05) is 6.54 Å². The van der Waals surface area contributed by atoms with Gasteiger partial charge in [-0.25, -0.2) is 0 Å². The van der Waals surface area contributed by atoms with Crippen LogP contribution in [0.15, 0.2) is 30.3 Å². The van der Waals surface area contributed by atoms with Gasteiger partial charge in [0.1, 0.15) is 0 Å². The van der Waals surface area contributed by atoms with E-state index >= 15 is 0 Å². The third kappa shape index (κ3) is 8.08. The molecule has 4 nitrogen and oxygen atoms in total. The lowest BCUT2D eigenvalue weighted by Gasteiger charge is -2.13. The lowest BCUT2D eigenvalue weighted by Crippen LogP contribution is -2.35. The molecule has 0 aliphatic carbocycles.